The number of nitriles is 1. The van der Waals surface area contributed by atoms with Gasteiger partial charge in [-0.05, 0) is 17.7 Å². The van der Waals surface area contributed by atoms with E-state index < -0.39 is 0 Å². The van der Waals surface area contributed by atoms with E-state index >= 15 is 0 Å². The summed E-state index contributed by atoms with van der Waals surface area (Å²) >= 11 is 0. The Bertz CT molecular complexity index is 539. The number of nitrogens with zero attached hydrogens (tertiary/aromatic N) is 2. The molecule has 2 aromatic rings. The van der Waals surface area contributed by atoms with E-state index in [1.54, 1.807) is 12.1 Å². The van der Waals surface area contributed by atoms with Gasteiger partial charge in [-0.1, -0.05) is 17.3 Å². The van der Waals surface area contributed by atoms with Crippen LogP contribution in [0.5, 0.6) is 0 Å². The molecule has 0 bridgehead atoms. The summed E-state index contributed by atoms with van der Waals surface area (Å²) in [6.45, 7) is 0. The molecule has 1 aromatic carbocycles. The highest BCUT2D eigenvalue weighted by Gasteiger charge is 2.13. The SMILES string of the molecule is N#Cc1c(Cc2ccc(F)cc2)noc1N. The molecule has 0 saturated carbocycles. The van der Waals surface area contributed by atoms with Gasteiger partial charge in [-0.3, -0.25) is 0 Å². The molecule has 16 heavy (non-hydrogen) atoms. The molecular weight excluding hydrogens is 209 g/mol. The Morgan fingerprint density at radius 2 is 2.06 bits per heavy atom. The molecule has 4 nitrogen and oxygen atoms in total. The Labute approximate surface area is 91.1 Å². The van der Waals surface area contributed by atoms with E-state index in [0.717, 1.165) is 5.56 Å². The topological polar surface area (TPSA) is 75.8 Å². The van der Waals surface area contributed by atoms with E-state index in [-0.39, 0.29) is 17.3 Å². The van der Waals surface area contributed by atoms with Gasteiger partial charge in [-0.2, -0.15) is 5.26 Å². The molecule has 2 N–H and O–H groups in total. The second kappa shape index (κ2) is 4.03. The zero-order chi connectivity index (χ0) is 11.5. The second-order valence-electron chi connectivity index (χ2n) is 3.28. The second-order valence-corrected chi connectivity index (χ2v) is 3.28. The number of anilines is 1. The van der Waals surface area contributed by atoms with E-state index in [2.05, 4.69) is 5.16 Å². The van der Waals surface area contributed by atoms with Crippen LogP contribution in [0.3, 0.4) is 0 Å². The largest absolute Gasteiger partial charge is 0.366 e. The summed E-state index contributed by atoms with van der Waals surface area (Å²) in [5, 5.41) is 12.5. The lowest BCUT2D eigenvalue weighted by molar-refractivity contribution is 0.429. The van der Waals surface area contributed by atoms with Crippen molar-refractivity contribution >= 4 is 5.88 Å². The molecule has 0 aliphatic rings. The van der Waals surface area contributed by atoms with Crippen LogP contribution in [0.15, 0.2) is 28.8 Å². The van der Waals surface area contributed by atoms with E-state index in [1.165, 1.54) is 12.1 Å². The highest BCUT2D eigenvalue weighted by Crippen LogP contribution is 2.18. The number of halogens is 1. The predicted molar refractivity (Wildman–Crippen MR) is 54.8 cm³/mol. The Morgan fingerprint density at radius 3 is 2.69 bits per heavy atom. The summed E-state index contributed by atoms with van der Waals surface area (Å²) in [5.74, 6) is -0.288. The minimum absolute atomic E-state index is 0.0135. The van der Waals surface area contributed by atoms with Crippen molar-refractivity contribution in [2.75, 3.05) is 5.73 Å². The van der Waals surface area contributed by atoms with Crippen LogP contribution in [-0.2, 0) is 6.42 Å². The number of rotatable bonds is 2. The molecule has 0 spiro atoms. The van der Waals surface area contributed by atoms with Gasteiger partial charge in [0.2, 0.25) is 5.88 Å². The van der Waals surface area contributed by atoms with E-state index in [1.807, 2.05) is 6.07 Å². The van der Waals surface area contributed by atoms with Crippen molar-refractivity contribution in [2.45, 2.75) is 6.42 Å². The molecule has 0 saturated heterocycles. The summed E-state index contributed by atoms with van der Waals surface area (Å²) in [6.07, 6.45) is 0.393. The Hall–Kier alpha value is -2.35. The molecule has 0 unspecified atom stereocenters. The number of hydrogen-bond acceptors (Lipinski definition) is 4. The third-order valence-electron chi connectivity index (χ3n) is 2.19. The molecule has 0 amide bonds. The van der Waals surface area contributed by atoms with Crippen molar-refractivity contribution in [3.8, 4) is 6.07 Å². The molecule has 0 aliphatic carbocycles. The van der Waals surface area contributed by atoms with Gasteiger partial charge < -0.3 is 10.3 Å². The predicted octanol–water partition coefficient (Wildman–Crippen LogP) is 1.86. The summed E-state index contributed by atoms with van der Waals surface area (Å²) < 4.78 is 17.4. The van der Waals surface area contributed by atoms with Gasteiger partial charge in [-0.25, -0.2) is 4.39 Å². The van der Waals surface area contributed by atoms with Gasteiger partial charge in [0.25, 0.3) is 0 Å². The number of benzene rings is 1. The van der Waals surface area contributed by atoms with Crippen molar-refractivity contribution in [3.63, 3.8) is 0 Å². The smallest absolute Gasteiger partial charge is 0.240 e. The highest BCUT2D eigenvalue weighted by atomic mass is 19.1. The van der Waals surface area contributed by atoms with Gasteiger partial charge in [0.15, 0.2) is 0 Å². The molecule has 0 radical (unpaired) electrons. The third-order valence-corrected chi connectivity index (χ3v) is 2.19. The Kier molecular flexibility index (Phi) is 2.56. The quantitative estimate of drug-likeness (QED) is 0.832. The molecule has 0 atom stereocenters. The first-order valence-electron chi connectivity index (χ1n) is 4.59. The fraction of sp³-hybridized carbons (Fsp3) is 0.0909. The first-order valence-corrected chi connectivity index (χ1v) is 4.59. The zero-order valence-corrected chi connectivity index (χ0v) is 8.27. The number of nitrogen functional groups attached to an aromatic ring is 1. The molecule has 1 aromatic heterocycles. The minimum Gasteiger partial charge on any atom is -0.366 e. The van der Waals surface area contributed by atoms with Crippen LogP contribution in [0.2, 0.25) is 0 Å². The fourth-order valence-electron chi connectivity index (χ4n) is 1.37. The number of nitrogens with two attached hydrogens (primary N) is 1. The first-order chi connectivity index (χ1) is 7.70. The summed E-state index contributed by atoms with van der Waals surface area (Å²) in [5.41, 5.74) is 6.96. The lowest BCUT2D eigenvalue weighted by Gasteiger charge is -1.97. The van der Waals surface area contributed by atoms with Gasteiger partial charge in [0.05, 0.1) is 0 Å². The van der Waals surface area contributed by atoms with Crippen LogP contribution >= 0.6 is 0 Å². The summed E-state index contributed by atoms with van der Waals surface area (Å²) in [6, 6.07) is 7.88. The number of hydrogen-bond donors (Lipinski definition) is 1. The highest BCUT2D eigenvalue weighted by molar-refractivity contribution is 5.49. The third kappa shape index (κ3) is 1.86. The standard InChI is InChI=1S/C11H8FN3O/c12-8-3-1-7(2-4-8)5-10-9(6-13)11(14)16-15-10/h1-4H,5,14H2. The Morgan fingerprint density at radius 1 is 1.38 bits per heavy atom. The lowest BCUT2D eigenvalue weighted by atomic mass is 10.1. The van der Waals surface area contributed by atoms with Gasteiger partial charge >= 0.3 is 0 Å². The van der Waals surface area contributed by atoms with Crippen LogP contribution in [0.25, 0.3) is 0 Å². The van der Waals surface area contributed by atoms with Crippen LogP contribution < -0.4 is 5.73 Å². The zero-order valence-electron chi connectivity index (χ0n) is 8.27. The fourth-order valence-corrected chi connectivity index (χ4v) is 1.37. The van der Waals surface area contributed by atoms with Gasteiger partial charge in [-0.15, -0.1) is 0 Å². The van der Waals surface area contributed by atoms with Crippen LogP contribution in [0, 0.1) is 17.1 Å². The van der Waals surface area contributed by atoms with Crippen molar-refractivity contribution in [1.29, 1.82) is 5.26 Å². The van der Waals surface area contributed by atoms with Gasteiger partial charge in [0, 0.05) is 6.42 Å². The van der Waals surface area contributed by atoms with Crippen LogP contribution in [-0.4, -0.2) is 5.16 Å². The maximum Gasteiger partial charge on any atom is 0.240 e. The van der Waals surface area contributed by atoms with Crippen molar-refractivity contribution in [3.05, 3.63) is 46.9 Å². The molecule has 0 aliphatic heterocycles. The molecular formula is C11H8FN3O. The first kappa shape index (κ1) is 10.2. The van der Waals surface area contributed by atoms with Crippen LogP contribution in [0.4, 0.5) is 10.3 Å². The van der Waals surface area contributed by atoms with Crippen molar-refractivity contribution in [2.24, 2.45) is 0 Å². The average molecular weight is 217 g/mol. The van der Waals surface area contributed by atoms with Crippen molar-refractivity contribution in [1.82, 2.24) is 5.16 Å². The maximum atomic E-state index is 12.7. The van der Waals surface area contributed by atoms with E-state index in [9.17, 15) is 4.39 Å². The Balaban J connectivity index is 2.27. The molecule has 0 fully saturated rings. The average Bonchev–Trinajstić information content (AvgIpc) is 2.63. The molecule has 2 rings (SSSR count). The minimum atomic E-state index is -0.302. The summed E-state index contributed by atoms with van der Waals surface area (Å²) in [7, 11) is 0. The van der Waals surface area contributed by atoms with E-state index in [0.29, 0.717) is 12.1 Å². The van der Waals surface area contributed by atoms with Crippen molar-refractivity contribution < 1.29 is 8.91 Å². The molecule has 5 heteroatoms. The molecule has 1 heterocycles. The maximum absolute atomic E-state index is 12.7. The lowest BCUT2D eigenvalue weighted by Crippen LogP contribution is -1.93. The summed E-state index contributed by atoms with van der Waals surface area (Å²) in [4.78, 5) is 0. The normalized spacial score (nSPS) is 10.0. The monoisotopic (exact) mass is 217 g/mol. The van der Waals surface area contributed by atoms with Gasteiger partial charge in [0.1, 0.15) is 23.1 Å². The molecule has 80 valence electrons. The van der Waals surface area contributed by atoms with E-state index in [4.69, 9.17) is 15.5 Å². The number of aromatic nitrogens is 1. The van der Waals surface area contributed by atoms with Crippen LogP contribution in [0.1, 0.15) is 16.8 Å².